The lowest BCUT2D eigenvalue weighted by Crippen LogP contribution is -2.49. The number of amides is 2. The summed E-state index contributed by atoms with van der Waals surface area (Å²) in [6, 6.07) is 5.50. The van der Waals surface area contributed by atoms with Crippen molar-refractivity contribution in [3.05, 3.63) is 63.1 Å². The van der Waals surface area contributed by atoms with Gasteiger partial charge in [0.05, 0.1) is 29.3 Å². The van der Waals surface area contributed by atoms with Crippen molar-refractivity contribution in [1.82, 2.24) is 15.5 Å². The van der Waals surface area contributed by atoms with Crippen LogP contribution in [0.2, 0.25) is 10.0 Å². The van der Waals surface area contributed by atoms with E-state index in [1.165, 1.54) is 24.3 Å². The second-order valence-electron chi connectivity index (χ2n) is 12.3. The van der Waals surface area contributed by atoms with Crippen molar-refractivity contribution >= 4 is 40.7 Å². The van der Waals surface area contributed by atoms with Crippen LogP contribution in [0, 0.1) is 17.0 Å². The molecule has 4 unspecified atom stereocenters. The van der Waals surface area contributed by atoms with E-state index in [2.05, 4.69) is 20.9 Å². The molecular weight excluding hydrogens is 573 g/mol. The maximum absolute atomic E-state index is 15.0. The van der Waals surface area contributed by atoms with Crippen molar-refractivity contribution in [1.29, 1.82) is 0 Å². The summed E-state index contributed by atoms with van der Waals surface area (Å²) in [5.41, 5.74) is -0.323. The Bertz CT molecular complexity index is 1330. The molecule has 2 fully saturated rings. The van der Waals surface area contributed by atoms with Crippen molar-refractivity contribution < 1.29 is 23.1 Å². The molecule has 3 aliphatic rings. The van der Waals surface area contributed by atoms with E-state index in [1.807, 2.05) is 20.8 Å². The fourth-order valence-corrected chi connectivity index (χ4v) is 6.94. The average molecular weight is 610 g/mol. The molecule has 0 bridgehead atoms. The summed E-state index contributed by atoms with van der Waals surface area (Å²) in [6.45, 7) is 10.5. The van der Waals surface area contributed by atoms with Gasteiger partial charge in [-0.3, -0.25) is 14.5 Å². The Labute approximate surface area is 249 Å². The van der Waals surface area contributed by atoms with Crippen LogP contribution in [0.4, 0.5) is 14.5 Å². The lowest BCUT2D eigenvalue weighted by Gasteiger charge is -2.37. The van der Waals surface area contributed by atoms with E-state index in [-0.39, 0.29) is 27.3 Å². The number of hydrogen-bond donors (Lipinski definition) is 3. The van der Waals surface area contributed by atoms with E-state index in [0.717, 1.165) is 26.1 Å². The molecule has 2 aromatic carbocycles. The van der Waals surface area contributed by atoms with Crippen molar-refractivity contribution in [2.75, 3.05) is 44.7 Å². The van der Waals surface area contributed by atoms with Gasteiger partial charge in [0, 0.05) is 37.3 Å². The number of nitrogens with zero attached hydrogens (tertiary/aromatic N) is 1. The average Bonchev–Trinajstić information content (AvgIpc) is 3.38. The zero-order valence-electron chi connectivity index (χ0n) is 23.5. The van der Waals surface area contributed by atoms with Crippen LogP contribution in [0.1, 0.15) is 50.7 Å². The number of halogens is 4. The van der Waals surface area contributed by atoms with Gasteiger partial charge in [-0.05, 0) is 60.2 Å². The maximum atomic E-state index is 15.0. The third kappa shape index (κ3) is 5.84. The van der Waals surface area contributed by atoms with E-state index in [1.54, 1.807) is 6.07 Å². The molecule has 1 spiro atoms. The van der Waals surface area contributed by atoms with Gasteiger partial charge in [0.2, 0.25) is 11.8 Å². The fraction of sp³-hybridized carbons (Fsp3) is 0.533. The summed E-state index contributed by atoms with van der Waals surface area (Å²) >= 11 is 12.3. The quantitative estimate of drug-likeness (QED) is 0.391. The number of rotatable bonds is 7. The number of carbonyl (C=O) groups is 2. The van der Waals surface area contributed by atoms with Gasteiger partial charge < -0.3 is 20.7 Å². The van der Waals surface area contributed by atoms with Crippen LogP contribution in [0.15, 0.2) is 30.3 Å². The van der Waals surface area contributed by atoms with Crippen molar-refractivity contribution in [2.24, 2.45) is 5.41 Å². The van der Waals surface area contributed by atoms with Gasteiger partial charge in [-0.25, -0.2) is 8.78 Å². The predicted octanol–water partition coefficient (Wildman–Crippen LogP) is 4.86. The minimum absolute atomic E-state index is 0.115. The normalized spacial score (nSPS) is 26.3. The fourth-order valence-electron chi connectivity index (χ4n) is 6.59. The molecule has 5 rings (SSSR count). The molecule has 7 nitrogen and oxygen atoms in total. The molecular formula is C30H36Cl2F2N4O3. The Morgan fingerprint density at radius 2 is 1.83 bits per heavy atom. The molecule has 2 amide bonds. The number of anilines is 1. The lowest BCUT2D eigenvalue weighted by molar-refractivity contribution is -0.123. The molecule has 0 radical (unpaired) electrons. The second-order valence-corrected chi connectivity index (χ2v) is 13.2. The van der Waals surface area contributed by atoms with Gasteiger partial charge in [-0.15, -0.1) is 0 Å². The van der Waals surface area contributed by atoms with Crippen LogP contribution in [0.3, 0.4) is 0 Å². The minimum Gasteiger partial charge on any atom is -0.379 e. The molecule has 0 aromatic heterocycles. The number of hydrogen-bond acceptors (Lipinski definition) is 5. The molecule has 3 aliphatic heterocycles. The Kier molecular flexibility index (Phi) is 8.66. The van der Waals surface area contributed by atoms with Crippen LogP contribution >= 0.6 is 23.2 Å². The Morgan fingerprint density at radius 3 is 2.51 bits per heavy atom. The van der Waals surface area contributed by atoms with Crippen molar-refractivity contribution in [2.45, 2.75) is 57.0 Å². The minimum atomic E-state index is -1.38. The maximum Gasteiger partial charge on any atom is 0.237 e. The Balaban J connectivity index is 1.55. The van der Waals surface area contributed by atoms with Crippen LogP contribution < -0.4 is 16.0 Å². The third-order valence-corrected chi connectivity index (χ3v) is 8.92. The summed E-state index contributed by atoms with van der Waals surface area (Å²) in [7, 11) is 0. The molecule has 2 aromatic rings. The first-order valence-corrected chi connectivity index (χ1v) is 14.8. The molecule has 0 aliphatic carbocycles. The molecule has 4 atom stereocenters. The molecule has 3 heterocycles. The number of nitrogens with one attached hydrogen (secondary N) is 3. The predicted molar refractivity (Wildman–Crippen MR) is 156 cm³/mol. The first kappa shape index (κ1) is 30.2. The first-order chi connectivity index (χ1) is 19.4. The molecule has 11 heteroatoms. The van der Waals surface area contributed by atoms with Crippen LogP contribution in [-0.2, 0) is 19.7 Å². The highest BCUT2D eigenvalue weighted by Gasteiger charge is 2.65. The van der Waals surface area contributed by atoms with E-state index in [9.17, 15) is 14.0 Å². The van der Waals surface area contributed by atoms with Crippen LogP contribution in [-0.4, -0.2) is 68.2 Å². The number of benzene rings is 2. The zero-order valence-corrected chi connectivity index (χ0v) is 25.0. The topological polar surface area (TPSA) is 82.7 Å². The number of ether oxygens (including phenoxy) is 1. The van der Waals surface area contributed by atoms with E-state index < -0.39 is 35.1 Å². The highest BCUT2D eigenvalue weighted by atomic mass is 35.5. The Hall–Kier alpha value is -2.30. The van der Waals surface area contributed by atoms with Gasteiger partial charge in [0.25, 0.3) is 0 Å². The monoisotopic (exact) mass is 608 g/mol. The summed E-state index contributed by atoms with van der Waals surface area (Å²) in [5.74, 6) is -2.75. The SMILES string of the molecule is CC(C)(C)CC1NC(C(=O)NCCCN2CCOCC2)C(c2ccc(F)c(Cl)c2)C12C(=O)Nc1cc(Cl)c(F)cc12. The van der Waals surface area contributed by atoms with E-state index in [0.29, 0.717) is 43.0 Å². The smallest absolute Gasteiger partial charge is 0.237 e. The third-order valence-electron chi connectivity index (χ3n) is 8.34. The summed E-state index contributed by atoms with van der Waals surface area (Å²) in [6.07, 6.45) is 1.24. The number of carbonyl (C=O) groups excluding carboxylic acids is 2. The highest BCUT2D eigenvalue weighted by Crippen LogP contribution is 2.57. The summed E-state index contributed by atoms with van der Waals surface area (Å²) < 4.78 is 34.7. The molecule has 41 heavy (non-hydrogen) atoms. The van der Waals surface area contributed by atoms with Crippen molar-refractivity contribution in [3.63, 3.8) is 0 Å². The van der Waals surface area contributed by atoms with Crippen LogP contribution in [0.25, 0.3) is 0 Å². The van der Waals surface area contributed by atoms with E-state index >= 15 is 4.39 Å². The van der Waals surface area contributed by atoms with Crippen molar-refractivity contribution in [3.8, 4) is 0 Å². The van der Waals surface area contributed by atoms with Gasteiger partial charge in [0.1, 0.15) is 17.0 Å². The van der Waals surface area contributed by atoms with E-state index in [4.69, 9.17) is 27.9 Å². The van der Waals surface area contributed by atoms with Gasteiger partial charge in [-0.1, -0.05) is 50.0 Å². The first-order valence-electron chi connectivity index (χ1n) is 14.0. The van der Waals surface area contributed by atoms with Gasteiger partial charge in [-0.2, -0.15) is 0 Å². The number of fused-ring (bicyclic) bond motifs is 2. The largest absolute Gasteiger partial charge is 0.379 e. The molecule has 0 saturated carbocycles. The Morgan fingerprint density at radius 1 is 1.12 bits per heavy atom. The standard InChI is InChI=1S/C30H36Cl2F2N4O3/c1-29(2,3)16-24-30(18-14-22(34)20(32)15-23(18)36-28(30)40)25(17-5-6-21(33)19(31)13-17)26(37-24)27(39)35-7-4-8-38-9-11-41-12-10-38/h5-6,13-15,24-26,37H,4,7-12,16H2,1-3H3,(H,35,39)(H,36,40). The number of morpholine rings is 1. The second kappa shape index (κ2) is 11.8. The highest BCUT2D eigenvalue weighted by molar-refractivity contribution is 6.31. The zero-order chi connectivity index (χ0) is 29.5. The molecule has 2 saturated heterocycles. The van der Waals surface area contributed by atoms with Gasteiger partial charge in [0.15, 0.2) is 0 Å². The van der Waals surface area contributed by atoms with Gasteiger partial charge >= 0.3 is 0 Å². The summed E-state index contributed by atoms with van der Waals surface area (Å²) in [4.78, 5) is 30.3. The molecule has 222 valence electrons. The summed E-state index contributed by atoms with van der Waals surface area (Å²) in [5, 5.41) is 9.18. The molecule has 3 N–H and O–H groups in total. The van der Waals surface area contributed by atoms with Crippen LogP contribution in [0.5, 0.6) is 0 Å². The lowest BCUT2D eigenvalue weighted by atomic mass is 9.62.